The van der Waals surface area contributed by atoms with Gasteiger partial charge in [-0.3, -0.25) is 14.4 Å². The molecule has 0 spiro atoms. The molecule has 0 aliphatic heterocycles. The van der Waals surface area contributed by atoms with E-state index in [4.69, 9.17) is 4.74 Å². The maximum absolute atomic E-state index is 13.1. The van der Waals surface area contributed by atoms with Crippen LogP contribution in [0.3, 0.4) is 0 Å². The number of hydrogen-bond acceptors (Lipinski definition) is 6. The summed E-state index contributed by atoms with van der Waals surface area (Å²) in [6, 6.07) is 16.8. The van der Waals surface area contributed by atoms with Gasteiger partial charge in [0.25, 0.3) is 5.91 Å². The predicted molar refractivity (Wildman–Crippen MR) is 127 cm³/mol. The average Bonchev–Trinajstić information content (AvgIpc) is 3.54. The van der Waals surface area contributed by atoms with Gasteiger partial charge in [-0.05, 0) is 36.6 Å². The standard InChI is InChI=1S/C26H18N2O5S/c1-15(33-26(32)24-20(11-14-34-24)28-12-4-5-13-28)25(31)27-19-10-6-9-18-21(19)23(30)17-8-3-2-7-16(17)22(18)29/h2-15H,1H3,(H,27,31). The van der Waals surface area contributed by atoms with Crippen LogP contribution in [-0.2, 0) is 9.53 Å². The van der Waals surface area contributed by atoms with Crippen LogP contribution in [0, 0.1) is 0 Å². The zero-order chi connectivity index (χ0) is 23.8. The normalized spacial score (nSPS) is 13.1. The number of nitrogens with zero attached hydrogens (tertiary/aromatic N) is 1. The molecule has 2 aromatic carbocycles. The summed E-state index contributed by atoms with van der Waals surface area (Å²) >= 11 is 1.22. The van der Waals surface area contributed by atoms with Gasteiger partial charge >= 0.3 is 5.97 Å². The van der Waals surface area contributed by atoms with Gasteiger partial charge in [-0.25, -0.2) is 4.79 Å². The molecular formula is C26H18N2O5S. The Bertz CT molecular complexity index is 1450. The van der Waals surface area contributed by atoms with Crippen LogP contribution >= 0.6 is 11.3 Å². The van der Waals surface area contributed by atoms with Gasteiger partial charge < -0.3 is 14.6 Å². The molecule has 1 atom stereocenters. The lowest BCUT2D eigenvalue weighted by molar-refractivity contribution is -0.123. The number of carbonyl (C=O) groups excluding carboxylic acids is 4. The van der Waals surface area contributed by atoms with Crippen molar-refractivity contribution in [1.29, 1.82) is 0 Å². The Morgan fingerprint density at radius 3 is 2.29 bits per heavy atom. The van der Waals surface area contributed by atoms with Gasteiger partial charge in [0.2, 0.25) is 0 Å². The number of hydrogen-bond donors (Lipinski definition) is 1. The smallest absolute Gasteiger partial charge is 0.351 e. The number of ether oxygens (including phenoxy) is 1. The lowest BCUT2D eigenvalue weighted by atomic mass is 9.83. The highest BCUT2D eigenvalue weighted by atomic mass is 32.1. The monoisotopic (exact) mass is 470 g/mol. The minimum atomic E-state index is -1.13. The van der Waals surface area contributed by atoms with Gasteiger partial charge in [0.05, 0.1) is 16.9 Å². The first-order valence-electron chi connectivity index (χ1n) is 10.5. The van der Waals surface area contributed by atoms with E-state index in [2.05, 4.69) is 5.32 Å². The molecule has 0 radical (unpaired) electrons. The fourth-order valence-electron chi connectivity index (χ4n) is 3.90. The number of benzene rings is 2. The predicted octanol–water partition coefficient (Wildman–Crippen LogP) is 4.50. The number of anilines is 1. The lowest BCUT2D eigenvalue weighted by Crippen LogP contribution is -2.31. The number of rotatable bonds is 5. The minimum absolute atomic E-state index is 0.131. The molecule has 0 bridgehead atoms. The Morgan fingerprint density at radius 2 is 1.56 bits per heavy atom. The highest BCUT2D eigenvalue weighted by Crippen LogP contribution is 2.32. The highest BCUT2D eigenvalue weighted by molar-refractivity contribution is 7.12. The van der Waals surface area contributed by atoms with Crippen molar-refractivity contribution in [2.75, 3.05) is 5.32 Å². The molecule has 168 valence electrons. The summed E-state index contributed by atoms with van der Waals surface area (Å²) < 4.78 is 7.20. The van der Waals surface area contributed by atoms with Crippen molar-refractivity contribution in [1.82, 2.24) is 4.57 Å². The van der Waals surface area contributed by atoms with E-state index < -0.39 is 18.0 Å². The van der Waals surface area contributed by atoms with Gasteiger partial charge in [0, 0.05) is 29.1 Å². The molecule has 7 nitrogen and oxygen atoms in total. The minimum Gasteiger partial charge on any atom is -0.448 e. The Kier molecular flexibility index (Phi) is 5.43. The highest BCUT2D eigenvalue weighted by Gasteiger charge is 2.32. The Balaban J connectivity index is 1.36. The molecule has 1 aliphatic carbocycles. The van der Waals surface area contributed by atoms with Crippen LogP contribution in [-0.4, -0.2) is 34.1 Å². The fraction of sp³-hybridized carbons (Fsp3) is 0.0769. The molecule has 1 N–H and O–H groups in total. The number of esters is 1. The maximum Gasteiger partial charge on any atom is 0.351 e. The van der Waals surface area contributed by atoms with Crippen molar-refractivity contribution in [2.45, 2.75) is 13.0 Å². The summed E-state index contributed by atoms with van der Waals surface area (Å²) in [6.45, 7) is 1.45. The number of fused-ring (bicyclic) bond motifs is 2. The largest absolute Gasteiger partial charge is 0.448 e. The van der Waals surface area contributed by atoms with Crippen LogP contribution in [0.4, 0.5) is 5.69 Å². The van der Waals surface area contributed by atoms with Gasteiger partial charge in [0.1, 0.15) is 4.88 Å². The Labute approximate surface area is 198 Å². The van der Waals surface area contributed by atoms with Crippen LogP contribution < -0.4 is 5.32 Å². The van der Waals surface area contributed by atoms with E-state index in [1.807, 2.05) is 24.5 Å². The first kappa shape index (κ1) is 21.5. The number of thiophene rings is 1. The zero-order valence-corrected chi connectivity index (χ0v) is 18.8. The number of nitrogens with one attached hydrogen (secondary N) is 1. The molecule has 4 aromatic rings. The van der Waals surface area contributed by atoms with Crippen LogP contribution in [0.15, 0.2) is 78.4 Å². The third-order valence-electron chi connectivity index (χ3n) is 5.58. The first-order chi connectivity index (χ1) is 16.5. The molecule has 8 heteroatoms. The summed E-state index contributed by atoms with van der Waals surface area (Å²) in [5.41, 5.74) is 1.83. The number of amides is 1. The maximum atomic E-state index is 13.1. The van der Waals surface area contributed by atoms with Gasteiger partial charge in [-0.2, -0.15) is 0 Å². The lowest BCUT2D eigenvalue weighted by Gasteiger charge is -2.21. The van der Waals surface area contributed by atoms with Crippen molar-refractivity contribution < 1.29 is 23.9 Å². The van der Waals surface area contributed by atoms with E-state index in [0.29, 0.717) is 16.1 Å². The van der Waals surface area contributed by atoms with Crippen molar-refractivity contribution in [2.24, 2.45) is 0 Å². The summed E-state index contributed by atoms with van der Waals surface area (Å²) in [5, 5.41) is 4.42. The summed E-state index contributed by atoms with van der Waals surface area (Å²) in [7, 11) is 0. The average molecular weight is 471 g/mol. The van der Waals surface area contributed by atoms with E-state index in [9.17, 15) is 19.2 Å². The topological polar surface area (TPSA) is 94.5 Å². The van der Waals surface area contributed by atoms with Crippen molar-refractivity contribution >= 4 is 40.5 Å². The second-order valence-corrected chi connectivity index (χ2v) is 8.61. The molecule has 0 saturated heterocycles. The summed E-state index contributed by atoms with van der Waals surface area (Å²) in [4.78, 5) is 52.0. The number of aromatic nitrogens is 1. The molecule has 1 amide bonds. The quantitative estimate of drug-likeness (QED) is 0.382. The van der Waals surface area contributed by atoms with E-state index in [1.54, 1.807) is 58.5 Å². The second-order valence-electron chi connectivity index (χ2n) is 7.69. The molecule has 1 unspecified atom stereocenters. The van der Waals surface area contributed by atoms with E-state index in [1.165, 1.54) is 18.3 Å². The summed E-state index contributed by atoms with van der Waals surface area (Å²) in [5.74, 6) is -1.87. The molecule has 0 fully saturated rings. The van der Waals surface area contributed by atoms with E-state index in [-0.39, 0.29) is 33.9 Å². The molecule has 0 saturated carbocycles. The van der Waals surface area contributed by atoms with E-state index >= 15 is 0 Å². The van der Waals surface area contributed by atoms with Gasteiger partial charge in [-0.15, -0.1) is 11.3 Å². The van der Waals surface area contributed by atoms with Crippen molar-refractivity contribution in [3.05, 3.63) is 106 Å². The number of carbonyl (C=O) groups is 4. The fourth-order valence-corrected chi connectivity index (χ4v) is 4.68. The van der Waals surface area contributed by atoms with Gasteiger partial charge in [0.15, 0.2) is 17.7 Å². The third-order valence-corrected chi connectivity index (χ3v) is 6.46. The Hall–Kier alpha value is -4.30. The molecular weight excluding hydrogens is 452 g/mol. The zero-order valence-electron chi connectivity index (χ0n) is 18.0. The SMILES string of the molecule is CC(OC(=O)c1sccc1-n1cccc1)C(=O)Nc1cccc2c1C(=O)c1ccccc1C2=O. The van der Waals surface area contributed by atoms with Crippen molar-refractivity contribution in [3.63, 3.8) is 0 Å². The number of ketones is 2. The second kappa shape index (κ2) is 8.57. The molecule has 34 heavy (non-hydrogen) atoms. The molecule has 5 rings (SSSR count). The van der Waals surface area contributed by atoms with Crippen LogP contribution in [0.5, 0.6) is 0 Å². The summed E-state index contributed by atoms with van der Waals surface area (Å²) in [6.07, 6.45) is 2.48. The molecule has 1 aliphatic rings. The Morgan fingerprint density at radius 1 is 0.882 bits per heavy atom. The van der Waals surface area contributed by atoms with Crippen molar-refractivity contribution in [3.8, 4) is 5.69 Å². The first-order valence-corrected chi connectivity index (χ1v) is 11.4. The van der Waals surface area contributed by atoms with E-state index in [0.717, 1.165) is 0 Å². The van der Waals surface area contributed by atoms with Crippen LogP contribution in [0.1, 0.15) is 48.4 Å². The molecule has 2 aromatic heterocycles. The van der Waals surface area contributed by atoms with Crippen LogP contribution in [0.25, 0.3) is 5.69 Å². The van der Waals surface area contributed by atoms with Crippen LogP contribution in [0.2, 0.25) is 0 Å². The molecule has 2 heterocycles. The third kappa shape index (κ3) is 3.64. The van der Waals surface area contributed by atoms with Gasteiger partial charge in [-0.1, -0.05) is 36.4 Å².